The predicted octanol–water partition coefficient (Wildman–Crippen LogP) is 4.22. The van der Waals surface area contributed by atoms with E-state index in [0.717, 1.165) is 50.1 Å². The van der Waals surface area contributed by atoms with Gasteiger partial charge in [0.15, 0.2) is 11.9 Å². The fourth-order valence-electron chi connectivity index (χ4n) is 2.98. The summed E-state index contributed by atoms with van der Waals surface area (Å²) in [5, 5.41) is 35.1. The highest BCUT2D eigenvalue weighted by atomic mass is 15.3. The highest BCUT2D eigenvalue weighted by molar-refractivity contribution is 6.04. The van der Waals surface area contributed by atoms with Gasteiger partial charge in [-0.05, 0) is 37.1 Å². The Balaban J connectivity index is 0.000000637. The Bertz CT molecular complexity index is 839. The first-order valence-corrected chi connectivity index (χ1v) is 11.8. The van der Waals surface area contributed by atoms with Crippen LogP contribution < -0.4 is 31.9 Å². The molecule has 10 nitrogen and oxygen atoms in total. The highest BCUT2D eigenvalue weighted by Crippen LogP contribution is 2.14. The van der Waals surface area contributed by atoms with E-state index in [4.69, 9.17) is 33.1 Å². The van der Waals surface area contributed by atoms with Crippen LogP contribution in [-0.2, 0) is 0 Å². The maximum absolute atomic E-state index is 7.89. The van der Waals surface area contributed by atoms with E-state index in [2.05, 4.69) is 37.6 Å². The average molecular weight is 495 g/mol. The van der Waals surface area contributed by atoms with Gasteiger partial charge in [-0.3, -0.25) is 32.3 Å². The molecule has 2 aromatic carbocycles. The number of nitrogens with zero attached hydrogens (tertiary/aromatic N) is 2. The van der Waals surface area contributed by atoms with Crippen LogP contribution in [0.25, 0.3) is 0 Å². The van der Waals surface area contributed by atoms with Gasteiger partial charge in [0.05, 0.1) is 0 Å². The topological polar surface area (TPSA) is 178 Å². The average Bonchev–Trinajstić information content (AvgIpc) is 2.86. The maximum Gasteiger partial charge on any atom is 0.202 e. The van der Waals surface area contributed by atoms with E-state index in [0.29, 0.717) is 0 Å². The lowest BCUT2D eigenvalue weighted by Crippen LogP contribution is -2.46. The van der Waals surface area contributed by atoms with Gasteiger partial charge in [0, 0.05) is 24.5 Å². The minimum atomic E-state index is -0.215. The molecule has 0 amide bonds. The summed E-state index contributed by atoms with van der Waals surface area (Å²) in [6.07, 6.45) is 4.07. The number of benzene rings is 2. The second-order valence-electron chi connectivity index (χ2n) is 7.46. The molecule has 2 rings (SSSR count). The van der Waals surface area contributed by atoms with Crippen LogP contribution in [-0.4, -0.2) is 36.9 Å². The Morgan fingerprint density at radius 2 is 0.972 bits per heavy atom. The molecule has 0 saturated heterocycles. The number of unbranched alkanes of at least 4 members (excludes halogenated alkanes) is 2. The first-order valence-electron chi connectivity index (χ1n) is 11.8. The Labute approximate surface area is 215 Å². The molecule has 0 aliphatic carbocycles. The van der Waals surface area contributed by atoms with Crippen molar-refractivity contribution in [2.24, 2.45) is 11.5 Å². The smallest absolute Gasteiger partial charge is 0.202 e. The van der Waals surface area contributed by atoms with Gasteiger partial charge in [0.1, 0.15) is 0 Å². The summed E-state index contributed by atoms with van der Waals surface area (Å²) in [5.41, 5.74) is 12.3. The van der Waals surface area contributed by atoms with Gasteiger partial charge in [0.2, 0.25) is 11.9 Å². The lowest BCUT2D eigenvalue weighted by atomic mass is 10.2. The highest BCUT2D eigenvalue weighted by Gasteiger charge is 2.12. The number of para-hydroxylation sites is 2. The monoisotopic (exact) mass is 494 g/mol. The van der Waals surface area contributed by atoms with Crippen molar-refractivity contribution in [2.45, 2.75) is 39.5 Å². The molecule has 0 heterocycles. The van der Waals surface area contributed by atoms with E-state index >= 15 is 0 Å². The summed E-state index contributed by atoms with van der Waals surface area (Å²) in [6.45, 7) is 11.7. The zero-order valence-electron chi connectivity index (χ0n) is 21.5. The summed E-state index contributed by atoms with van der Waals surface area (Å²) in [7, 11) is 0. The number of guanidine groups is 4. The molecular weight excluding hydrogens is 452 g/mol. The lowest BCUT2D eigenvalue weighted by Gasteiger charge is -2.25. The number of rotatable bonds is 8. The van der Waals surface area contributed by atoms with E-state index in [1.165, 1.54) is 0 Å². The van der Waals surface area contributed by atoms with Crippen LogP contribution in [0.2, 0.25) is 0 Å². The van der Waals surface area contributed by atoms with E-state index < -0.39 is 0 Å². The molecule has 0 aliphatic rings. The minimum absolute atomic E-state index is 0.136. The van der Waals surface area contributed by atoms with Crippen molar-refractivity contribution in [2.75, 3.05) is 22.9 Å². The largest absolute Gasteiger partial charge is 0.370 e. The third kappa shape index (κ3) is 12.8. The molecule has 0 atom stereocenters. The van der Waals surface area contributed by atoms with Crippen LogP contribution in [0.15, 0.2) is 73.8 Å². The van der Waals surface area contributed by atoms with Gasteiger partial charge in [-0.1, -0.05) is 63.1 Å². The first kappa shape index (κ1) is 31.7. The molecule has 0 radical (unpaired) electrons. The van der Waals surface area contributed by atoms with Gasteiger partial charge in [-0.2, -0.15) is 0 Å². The summed E-state index contributed by atoms with van der Waals surface area (Å²) in [4.78, 5) is 3.62. The fraction of sp³-hybridized carbons (Fsp3) is 0.308. The van der Waals surface area contributed by atoms with Crippen LogP contribution in [0.1, 0.15) is 39.5 Å². The molecule has 10 N–H and O–H groups in total. The van der Waals surface area contributed by atoms with Gasteiger partial charge in [0.25, 0.3) is 0 Å². The van der Waals surface area contributed by atoms with Gasteiger partial charge in [-0.15, -0.1) is 13.2 Å². The number of hydrogen-bond acceptors (Lipinski definition) is 4. The zero-order chi connectivity index (χ0) is 27.3. The lowest BCUT2D eigenvalue weighted by molar-refractivity contribution is 0.787. The molecular formula is C26H42N10. The van der Waals surface area contributed by atoms with E-state index in [-0.39, 0.29) is 23.8 Å². The summed E-state index contributed by atoms with van der Waals surface area (Å²) in [5.74, 6) is -0.158. The molecule has 0 spiro atoms. The van der Waals surface area contributed by atoms with Crippen LogP contribution in [0.3, 0.4) is 0 Å². The molecule has 0 aliphatic heterocycles. The Hall–Kier alpha value is -4.34. The molecule has 0 saturated carbocycles. The number of anilines is 2. The second-order valence-corrected chi connectivity index (χ2v) is 7.46. The van der Waals surface area contributed by atoms with Crippen LogP contribution in [0.4, 0.5) is 11.4 Å². The number of nitrogens with two attached hydrogens (primary N) is 2. The molecule has 10 heteroatoms. The summed E-state index contributed by atoms with van der Waals surface area (Å²) in [6, 6.07) is 19.3. The molecule has 36 heavy (non-hydrogen) atoms. The summed E-state index contributed by atoms with van der Waals surface area (Å²) >= 11 is 0. The van der Waals surface area contributed by atoms with Crippen molar-refractivity contribution >= 4 is 35.2 Å². The number of hydrogen-bond donors (Lipinski definition) is 8. The SMILES string of the molecule is C=C.CCCCN(C(=N)NC(=N)N)c1ccccc1.CCCCN(C(=N)NC(=N)N)c1ccccc1. The summed E-state index contributed by atoms with van der Waals surface area (Å²) < 4.78 is 0. The quantitative estimate of drug-likeness (QED) is 0.155. The Morgan fingerprint density at radius 3 is 1.22 bits per heavy atom. The third-order valence-corrected chi connectivity index (χ3v) is 4.65. The van der Waals surface area contributed by atoms with Crippen molar-refractivity contribution in [1.29, 1.82) is 21.6 Å². The van der Waals surface area contributed by atoms with Crippen molar-refractivity contribution in [1.82, 2.24) is 10.6 Å². The molecule has 0 bridgehead atoms. The van der Waals surface area contributed by atoms with E-state index in [1.54, 1.807) is 0 Å². The molecule has 196 valence electrons. The predicted molar refractivity (Wildman–Crippen MR) is 154 cm³/mol. The minimum Gasteiger partial charge on any atom is -0.370 e. The number of nitrogens with one attached hydrogen (secondary N) is 6. The molecule has 0 fully saturated rings. The van der Waals surface area contributed by atoms with Gasteiger partial charge < -0.3 is 21.3 Å². The molecule has 0 aromatic heterocycles. The van der Waals surface area contributed by atoms with Gasteiger partial charge in [-0.25, -0.2) is 0 Å². The van der Waals surface area contributed by atoms with Crippen molar-refractivity contribution in [3.8, 4) is 0 Å². The third-order valence-electron chi connectivity index (χ3n) is 4.65. The standard InChI is InChI=1S/2C12H19N5.C2H4/c2*1-2-3-9-17(12(15)16-11(13)14)10-7-5-4-6-8-10;1-2/h2*4-8H,2-3,9H2,1H3,(H5,13,14,15,16);1-2H2. The Kier molecular flexibility index (Phi) is 16.7. The Morgan fingerprint density at radius 1 is 0.667 bits per heavy atom. The second kappa shape index (κ2) is 19.0. The molecule has 2 aromatic rings. The van der Waals surface area contributed by atoms with Crippen molar-refractivity contribution in [3.05, 3.63) is 73.8 Å². The van der Waals surface area contributed by atoms with Gasteiger partial charge >= 0.3 is 0 Å². The van der Waals surface area contributed by atoms with Crippen LogP contribution in [0, 0.1) is 21.6 Å². The maximum atomic E-state index is 7.89. The van der Waals surface area contributed by atoms with Crippen molar-refractivity contribution in [3.63, 3.8) is 0 Å². The van der Waals surface area contributed by atoms with Crippen LogP contribution in [0.5, 0.6) is 0 Å². The van der Waals surface area contributed by atoms with Crippen molar-refractivity contribution < 1.29 is 0 Å². The zero-order valence-corrected chi connectivity index (χ0v) is 21.5. The van der Waals surface area contributed by atoms with Crippen LogP contribution >= 0.6 is 0 Å². The first-order chi connectivity index (χ1) is 17.3. The molecule has 0 unspecified atom stereocenters. The van der Waals surface area contributed by atoms with E-state index in [9.17, 15) is 0 Å². The van der Waals surface area contributed by atoms with E-state index in [1.807, 2.05) is 70.5 Å². The fourth-order valence-corrected chi connectivity index (χ4v) is 2.98. The normalized spacial score (nSPS) is 9.28.